The maximum atomic E-state index is 13.1. The van der Waals surface area contributed by atoms with Crippen molar-refractivity contribution in [2.24, 2.45) is 0 Å². The number of H-pyrrole nitrogens is 5. The zero-order valence-corrected chi connectivity index (χ0v) is 54.7. The highest BCUT2D eigenvalue weighted by atomic mass is 35.5. The van der Waals surface area contributed by atoms with E-state index < -0.39 is 0 Å². The molecule has 486 valence electrons. The lowest BCUT2D eigenvalue weighted by atomic mass is 9.86. The number of nitrogens with zero attached hydrogens (tertiary/aromatic N) is 6. The fraction of sp³-hybridized carbons (Fsp3) is 0.0494. The fourth-order valence-corrected chi connectivity index (χ4v) is 14.5. The zero-order valence-electron chi connectivity index (χ0n) is 53.9. The van der Waals surface area contributed by atoms with Crippen molar-refractivity contribution in [2.45, 2.75) is 13.5 Å². The number of anilines is 2. The van der Waals surface area contributed by atoms with Gasteiger partial charge in [0.2, 0.25) is 5.91 Å². The lowest BCUT2D eigenvalue weighted by molar-refractivity contribution is -0.114. The van der Waals surface area contributed by atoms with Gasteiger partial charge in [0.1, 0.15) is 40.8 Å². The first-order valence-corrected chi connectivity index (χ1v) is 32.7. The van der Waals surface area contributed by atoms with Crippen LogP contribution in [0.4, 0.5) is 11.4 Å². The molecule has 19 nitrogen and oxygen atoms in total. The van der Waals surface area contributed by atoms with Gasteiger partial charge in [0.25, 0.3) is 0 Å². The average molecular weight is 1340 g/mol. The first-order chi connectivity index (χ1) is 49.3. The highest BCUT2D eigenvalue weighted by Crippen LogP contribution is 2.46. The Bertz CT molecular complexity index is 6230. The van der Waals surface area contributed by atoms with Crippen molar-refractivity contribution in [2.75, 3.05) is 24.3 Å². The molecule has 0 radical (unpaired) electrons. The topological polar surface area (TPSA) is 270 Å². The molecular formula is C81H53ClN12O7. The number of hydrogen-bond donors (Lipinski definition) is 6. The van der Waals surface area contributed by atoms with Gasteiger partial charge in [-0.2, -0.15) is 25.5 Å². The van der Waals surface area contributed by atoms with Crippen LogP contribution in [0.25, 0.3) is 111 Å². The Morgan fingerprint density at radius 2 is 0.733 bits per heavy atom. The molecule has 0 aliphatic heterocycles. The first-order valence-electron chi connectivity index (χ1n) is 32.3. The molecule has 0 bridgehead atoms. The quantitative estimate of drug-likeness (QED) is 0.0937. The number of amides is 1. The van der Waals surface area contributed by atoms with Crippen LogP contribution in [-0.4, -0.2) is 99.9 Å². The predicted octanol–water partition coefficient (Wildman–Crippen LogP) is 16.1. The number of nitrogens with one attached hydrogen (secondary N) is 6. The van der Waals surface area contributed by atoms with Gasteiger partial charge in [0.05, 0.1) is 60.5 Å². The van der Waals surface area contributed by atoms with E-state index in [9.17, 15) is 28.8 Å². The Morgan fingerprint density at radius 1 is 0.366 bits per heavy atom. The number of benzene rings is 11. The molecule has 0 saturated carbocycles. The molecule has 16 aromatic rings. The summed E-state index contributed by atoms with van der Waals surface area (Å²) in [6.45, 7) is 1.84. The summed E-state index contributed by atoms with van der Waals surface area (Å²) in [7, 11) is 3.90. The second kappa shape index (κ2) is 24.2. The summed E-state index contributed by atoms with van der Waals surface area (Å²) < 4.78 is 5.99. The molecule has 5 aliphatic carbocycles. The summed E-state index contributed by atoms with van der Waals surface area (Å²) in [6.07, 6.45) is 0. The van der Waals surface area contributed by atoms with Crippen molar-refractivity contribution < 1.29 is 33.5 Å². The molecule has 1 amide bonds. The molecule has 0 fully saturated rings. The molecule has 0 spiro atoms. The summed E-state index contributed by atoms with van der Waals surface area (Å²) >= 11 is 6.15. The minimum atomic E-state index is -0.206. The highest BCUT2D eigenvalue weighted by Gasteiger charge is 2.35. The third kappa shape index (κ3) is 9.92. The van der Waals surface area contributed by atoms with Crippen molar-refractivity contribution in [1.82, 2.24) is 51.0 Å². The van der Waals surface area contributed by atoms with E-state index in [1.165, 1.54) is 6.92 Å². The zero-order chi connectivity index (χ0) is 68.9. The predicted molar refractivity (Wildman–Crippen MR) is 389 cm³/mol. The van der Waals surface area contributed by atoms with Crippen LogP contribution in [0.3, 0.4) is 0 Å². The highest BCUT2D eigenvalue weighted by molar-refractivity contribution is 6.38. The molecular weight excluding hydrogens is 1290 g/mol. The van der Waals surface area contributed by atoms with E-state index >= 15 is 0 Å². The van der Waals surface area contributed by atoms with E-state index in [-0.39, 0.29) is 34.8 Å². The molecule has 21 rings (SSSR count). The van der Waals surface area contributed by atoms with Crippen molar-refractivity contribution in [3.63, 3.8) is 0 Å². The van der Waals surface area contributed by atoms with Crippen molar-refractivity contribution >= 4 is 112 Å². The Labute approximate surface area is 578 Å². The van der Waals surface area contributed by atoms with E-state index in [2.05, 4.69) is 56.3 Å². The smallest absolute Gasteiger partial charge is 0.221 e. The monoisotopic (exact) mass is 1340 g/mol. The molecule has 0 atom stereocenters. The number of aromatic amines is 5. The van der Waals surface area contributed by atoms with Gasteiger partial charge in [0, 0.05) is 115 Å². The maximum absolute atomic E-state index is 13.1. The number of halogens is 1. The largest absolute Gasteiger partial charge is 0.488 e. The third-order valence-corrected chi connectivity index (χ3v) is 19.0. The lowest BCUT2D eigenvalue weighted by Gasteiger charge is -2.21. The van der Waals surface area contributed by atoms with Gasteiger partial charge in [-0.25, -0.2) is 0 Å². The standard InChI is InChI=1S/C21H14N2O2.C16H11N3O2.C16H13N3O.C14H7ClN2O.C14H8N2O/c24-21-15-9-4-10-16-18(15)20(23-22-16)14-8-5-11-17(19(14)21)25-12-13-6-2-1-3-7-13;1-8(20)17-11-6-7-12-13-14(11)16(21)10-5-3-2-4-9(10)15(13)19-18-12;1-19(2)12-8-7-11-13-14(12)16(20)10-6-4-3-5-9(10)15(13)18-17-11;15-9-5-1-3-7-11(9)14(18)8-4-2-6-10-12(8)13(7)17-16-10;17-14-9-5-2-1-4-8(9)13-12-10(14)6-3-7-11(12)15-16-13/h1-11H,12H2,(H,22,23);2-7H,1H3,(H,17,20)(H,18,19);3-8H,1-2H3,(H,17,18);1-6H,(H,16,17);1-7H,(H,15,16). The van der Waals surface area contributed by atoms with Gasteiger partial charge in [-0.1, -0.05) is 175 Å². The Hall–Kier alpha value is -13.5. The minimum absolute atomic E-state index is 0.0156. The van der Waals surface area contributed by atoms with Gasteiger partial charge in [-0.3, -0.25) is 54.3 Å². The second-order valence-corrected chi connectivity index (χ2v) is 25.2. The summed E-state index contributed by atoms with van der Waals surface area (Å²) in [5.74, 6) is 0.408. The SMILES string of the molecule is CC(=O)Nc1ccc2[nH]nc3c2c1C(=O)c1ccccc1-3.CN(C)c1ccc2[nH]nc3c2c1C(=O)c1ccccc1-3.O=C1c2c(Cl)cccc2-c2n[nH]c3cccc1c23.O=C1c2c(OCc3ccccc3)cccc2-c2n[nH]c3cccc1c23.O=C1c2ccccc2-c2n[nH]c3cccc1c23. The van der Waals surface area contributed by atoms with E-state index in [4.69, 9.17) is 16.3 Å². The van der Waals surface area contributed by atoms with Crippen LogP contribution < -0.4 is 15.0 Å². The Morgan fingerprint density at radius 3 is 1.25 bits per heavy atom. The Balaban J connectivity index is 0.0000000947. The van der Waals surface area contributed by atoms with E-state index in [0.29, 0.717) is 56.4 Å². The van der Waals surface area contributed by atoms with Crippen LogP contribution in [-0.2, 0) is 11.4 Å². The molecule has 0 unspecified atom stereocenters. The normalized spacial score (nSPS) is 12.5. The van der Waals surface area contributed by atoms with Crippen LogP contribution >= 0.6 is 11.6 Å². The van der Waals surface area contributed by atoms with E-state index in [1.807, 2.05) is 219 Å². The van der Waals surface area contributed by atoms with E-state index in [0.717, 1.165) is 144 Å². The average Bonchev–Trinajstić information content (AvgIpc) is 1.72. The number of ketones is 5. The van der Waals surface area contributed by atoms with Gasteiger partial charge < -0.3 is 15.0 Å². The van der Waals surface area contributed by atoms with Crippen molar-refractivity contribution in [3.8, 4) is 62.0 Å². The summed E-state index contributed by atoms with van der Waals surface area (Å²) in [5.41, 5.74) is 21.8. The number of ether oxygens (including phenoxy) is 1. The van der Waals surface area contributed by atoms with Gasteiger partial charge in [-0.05, 0) is 60.2 Å². The molecule has 0 saturated heterocycles. The number of carbonyl (C=O) groups is 6. The summed E-state index contributed by atoms with van der Waals surface area (Å²) in [6, 6.07) is 68.1. The van der Waals surface area contributed by atoms with Gasteiger partial charge in [0.15, 0.2) is 28.9 Å². The molecule has 20 heteroatoms. The lowest BCUT2D eigenvalue weighted by Crippen LogP contribution is -2.17. The molecule has 101 heavy (non-hydrogen) atoms. The fourth-order valence-electron chi connectivity index (χ4n) is 14.2. The minimum Gasteiger partial charge on any atom is -0.488 e. The van der Waals surface area contributed by atoms with Crippen LogP contribution in [0.5, 0.6) is 5.75 Å². The van der Waals surface area contributed by atoms with Crippen LogP contribution in [0.1, 0.15) is 92.1 Å². The molecule has 6 N–H and O–H groups in total. The van der Waals surface area contributed by atoms with Crippen LogP contribution in [0.15, 0.2) is 218 Å². The van der Waals surface area contributed by atoms with E-state index in [1.54, 1.807) is 18.2 Å². The number of rotatable bonds is 5. The number of hydrogen-bond acceptors (Lipinski definition) is 13. The van der Waals surface area contributed by atoms with Gasteiger partial charge >= 0.3 is 0 Å². The number of aromatic nitrogens is 10. The first kappa shape index (κ1) is 61.1. The number of fused-ring (bicyclic) bond motifs is 10. The Kier molecular flexibility index (Phi) is 14.7. The summed E-state index contributed by atoms with van der Waals surface area (Å²) in [4.78, 5) is 76.9. The van der Waals surface area contributed by atoms with Crippen LogP contribution in [0.2, 0.25) is 5.02 Å². The van der Waals surface area contributed by atoms with Crippen LogP contribution in [0, 0.1) is 0 Å². The second-order valence-electron chi connectivity index (χ2n) is 24.8. The molecule has 5 aliphatic rings. The molecule has 11 aromatic carbocycles. The van der Waals surface area contributed by atoms with Crippen molar-refractivity contribution in [1.29, 1.82) is 0 Å². The number of carbonyl (C=O) groups excluding carboxylic acids is 6. The molecule has 5 aromatic heterocycles. The maximum Gasteiger partial charge on any atom is 0.221 e. The third-order valence-electron chi connectivity index (χ3n) is 18.7. The van der Waals surface area contributed by atoms with Crippen molar-refractivity contribution in [3.05, 3.63) is 285 Å². The molecule has 5 heterocycles. The summed E-state index contributed by atoms with van der Waals surface area (Å²) in [5, 5.41) is 44.3. The van der Waals surface area contributed by atoms with Gasteiger partial charge in [-0.15, -0.1) is 0 Å².